The van der Waals surface area contributed by atoms with Crippen molar-refractivity contribution >= 4 is 33.4 Å². The first kappa shape index (κ1) is 17.7. The Kier molecular flexibility index (Phi) is 6.89. The van der Waals surface area contributed by atoms with Crippen molar-refractivity contribution in [1.82, 2.24) is 5.32 Å². The van der Waals surface area contributed by atoms with E-state index in [9.17, 15) is 9.59 Å². The molecule has 0 aromatic heterocycles. The Balaban J connectivity index is 2.69. The zero-order chi connectivity index (χ0) is 16.0. The molecule has 1 rings (SSSR count). The summed E-state index contributed by atoms with van der Waals surface area (Å²) >= 11 is 3.35. The molecule has 0 aliphatic carbocycles. The van der Waals surface area contributed by atoms with Gasteiger partial charge in [-0.2, -0.15) is 0 Å². The summed E-state index contributed by atoms with van der Waals surface area (Å²) in [7, 11) is 0. The highest BCUT2D eigenvalue weighted by molar-refractivity contribution is 9.10. The summed E-state index contributed by atoms with van der Waals surface area (Å²) in [6.07, 6.45) is 0.425. The Morgan fingerprint density at radius 1 is 1.10 bits per heavy atom. The molecule has 0 radical (unpaired) electrons. The fourth-order valence-corrected chi connectivity index (χ4v) is 2.16. The van der Waals surface area contributed by atoms with Gasteiger partial charge in [0.1, 0.15) is 6.04 Å². The van der Waals surface area contributed by atoms with Gasteiger partial charge in [0.15, 0.2) is 0 Å². The largest absolute Gasteiger partial charge is 0.344 e. The molecule has 116 valence electrons. The molecule has 21 heavy (non-hydrogen) atoms. The van der Waals surface area contributed by atoms with Crippen LogP contribution in [0, 0.1) is 11.8 Å². The molecule has 0 saturated carbocycles. The van der Waals surface area contributed by atoms with Crippen molar-refractivity contribution in [1.29, 1.82) is 0 Å². The van der Waals surface area contributed by atoms with Gasteiger partial charge >= 0.3 is 0 Å². The Morgan fingerprint density at radius 3 is 2.14 bits per heavy atom. The number of nitrogens with one attached hydrogen (secondary N) is 2. The van der Waals surface area contributed by atoms with Gasteiger partial charge in [-0.25, -0.2) is 0 Å². The van der Waals surface area contributed by atoms with E-state index < -0.39 is 6.04 Å². The number of hydrogen-bond donors (Lipinski definition) is 2. The Morgan fingerprint density at radius 2 is 1.67 bits per heavy atom. The van der Waals surface area contributed by atoms with E-state index in [-0.39, 0.29) is 23.7 Å². The van der Waals surface area contributed by atoms with Crippen molar-refractivity contribution < 1.29 is 9.59 Å². The van der Waals surface area contributed by atoms with Crippen LogP contribution in [-0.4, -0.2) is 17.9 Å². The van der Waals surface area contributed by atoms with Gasteiger partial charge in [-0.15, -0.1) is 0 Å². The third-order valence-corrected chi connectivity index (χ3v) is 3.50. The number of amides is 2. The number of rotatable bonds is 6. The summed E-state index contributed by atoms with van der Waals surface area (Å²) in [5.41, 5.74) is 0.715. The van der Waals surface area contributed by atoms with Gasteiger partial charge in [-0.1, -0.05) is 43.6 Å². The highest BCUT2D eigenvalue weighted by atomic mass is 79.9. The van der Waals surface area contributed by atoms with E-state index in [1.807, 2.05) is 52.0 Å². The molecule has 0 aliphatic heterocycles. The normalized spacial score (nSPS) is 12.3. The molecule has 1 aromatic carbocycles. The maximum atomic E-state index is 12.3. The van der Waals surface area contributed by atoms with Gasteiger partial charge in [-0.3, -0.25) is 9.59 Å². The number of hydrogen-bond acceptors (Lipinski definition) is 2. The minimum Gasteiger partial charge on any atom is -0.344 e. The van der Waals surface area contributed by atoms with Crippen molar-refractivity contribution in [2.45, 2.75) is 40.2 Å². The van der Waals surface area contributed by atoms with Crippen LogP contribution in [0.25, 0.3) is 0 Å². The Labute approximate surface area is 134 Å². The second-order valence-corrected chi connectivity index (χ2v) is 6.80. The van der Waals surface area contributed by atoms with E-state index in [0.717, 1.165) is 4.47 Å². The van der Waals surface area contributed by atoms with Crippen LogP contribution in [0.1, 0.15) is 34.1 Å². The summed E-state index contributed by atoms with van der Waals surface area (Å²) in [5, 5.41) is 5.65. The highest BCUT2D eigenvalue weighted by Crippen LogP contribution is 2.15. The third-order valence-electron chi connectivity index (χ3n) is 2.97. The Hall–Kier alpha value is -1.36. The van der Waals surface area contributed by atoms with Crippen LogP contribution < -0.4 is 10.6 Å². The smallest absolute Gasteiger partial charge is 0.247 e. The van der Waals surface area contributed by atoms with Crippen molar-refractivity contribution in [3.8, 4) is 0 Å². The first-order valence-corrected chi connectivity index (χ1v) is 7.94. The van der Waals surface area contributed by atoms with Crippen molar-refractivity contribution in [2.75, 3.05) is 5.32 Å². The lowest BCUT2D eigenvalue weighted by molar-refractivity contribution is -0.127. The molecule has 2 amide bonds. The quantitative estimate of drug-likeness (QED) is 0.820. The van der Waals surface area contributed by atoms with Gasteiger partial charge in [0, 0.05) is 16.6 Å². The van der Waals surface area contributed by atoms with E-state index in [2.05, 4.69) is 26.6 Å². The molecule has 0 saturated heterocycles. The lowest BCUT2D eigenvalue weighted by Crippen LogP contribution is -2.47. The van der Waals surface area contributed by atoms with Crippen LogP contribution in [0.4, 0.5) is 5.69 Å². The summed E-state index contributed by atoms with van der Waals surface area (Å²) < 4.78 is 0.950. The van der Waals surface area contributed by atoms with Crippen molar-refractivity contribution in [2.24, 2.45) is 11.8 Å². The molecule has 0 heterocycles. The average Bonchev–Trinajstić information content (AvgIpc) is 2.37. The Bertz CT molecular complexity index is 484. The molecule has 1 aromatic rings. The van der Waals surface area contributed by atoms with Crippen molar-refractivity contribution in [3.05, 3.63) is 28.7 Å². The van der Waals surface area contributed by atoms with E-state index in [1.54, 1.807) is 0 Å². The van der Waals surface area contributed by atoms with Crippen LogP contribution >= 0.6 is 15.9 Å². The first-order chi connectivity index (χ1) is 9.79. The summed E-state index contributed by atoms with van der Waals surface area (Å²) in [5.74, 6) is 0.0167. The first-order valence-electron chi connectivity index (χ1n) is 7.15. The minimum atomic E-state index is -0.528. The van der Waals surface area contributed by atoms with E-state index in [4.69, 9.17) is 0 Å². The van der Waals surface area contributed by atoms with Gasteiger partial charge in [0.25, 0.3) is 0 Å². The molecule has 1 atom stereocenters. The van der Waals surface area contributed by atoms with E-state index >= 15 is 0 Å². The van der Waals surface area contributed by atoms with Gasteiger partial charge in [0.2, 0.25) is 11.8 Å². The number of anilines is 1. The van der Waals surface area contributed by atoms with Crippen LogP contribution in [0.3, 0.4) is 0 Å². The zero-order valence-corrected chi connectivity index (χ0v) is 14.5. The molecule has 0 aliphatic rings. The monoisotopic (exact) mass is 354 g/mol. The fraction of sp³-hybridized carbons (Fsp3) is 0.500. The highest BCUT2D eigenvalue weighted by Gasteiger charge is 2.24. The minimum absolute atomic E-state index is 0.0246. The lowest BCUT2D eigenvalue weighted by Gasteiger charge is -2.22. The second-order valence-electron chi connectivity index (χ2n) is 5.88. The van der Waals surface area contributed by atoms with Gasteiger partial charge < -0.3 is 10.6 Å². The molecular formula is C16H23BrN2O2. The van der Waals surface area contributed by atoms with Gasteiger partial charge in [-0.05, 0) is 36.1 Å². The fourth-order valence-electron chi connectivity index (χ4n) is 1.89. The number of halogens is 1. The number of benzene rings is 1. The average molecular weight is 355 g/mol. The van der Waals surface area contributed by atoms with Crippen LogP contribution in [0.5, 0.6) is 0 Å². The van der Waals surface area contributed by atoms with Crippen LogP contribution in [-0.2, 0) is 9.59 Å². The van der Waals surface area contributed by atoms with Crippen LogP contribution in [0.15, 0.2) is 28.7 Å². The standard InChI is InChI=1S/C16H23BrN2O2/c1-10(2)9-14(20)19-15(11(3)4)16(21)18-13-7-5-12(17)6-8-13/h5-8,10-11,15H,9H2,1-4H3,(H,18,21)(H,19,20). The molecule has 0 spiro atoms. The van der Waals surface area contributed by atoms with E-state index in [1.165, 1.54) is 0 Å². The predicted octanol–water partition coefficient (Wildman–Crippen LogP) is 3.57. The second kappa shape index (κ2) is 8.17. The van der Waals surface area contributed by atoms with Crippen molar-refractivity contribution in [3.63, 3.8) is 0 Å². The van der Waals surface area contributed by atoms with E-state index in [0.29, 0.717) is 12.1 Å². The number of carbonyl (C=O) groups excluding carboxylic acids is 2. The molecule has 5 heteroatoms. The van der Waals surface area contributed by atoms with Crippen LogP contribution in [0.2, 0.25) is 0 Å². The molecular weight excluding hydrogens is 332 g/mol. The lowest BCUT2D eigenvalue weighted by atomic mass is 10.0. The zero-order valence-electron chi connectivity index (χ0n) is 12.9. The summed E-state index contributed by atoms with van der Waals surface area (Å²) in [6.45, 7) is 7.79. The molecule has 0 bridgehead atoms. The molecule has 1 unspecified atom stereocenters. The third kappa shape index (κ3) is 6.29. The SMILES string of the molecule is CC(C)CC(=O)NC(C(=O)Nc1ccc(Br)cc1)C(C)C. The number of carbonyl (C=O) groups is 2. The summed E-state index contributed by atoms with van der Waals surface area (Å²) in [4.78, 5) is 24.2. The predicted molar refractivity (Wildman–Crippen MR) is 89.0 cm³/mol. The topological polar surface area (TPSA) is 58.2 Å². The maximum absolute atomic E-state index is 12.3. The summed E-state index contributed by atoms with van der Waals surface area (Å²) in [6, 6.07) is 6.82. The maximum Gasteiger partial charge on any atom is 0.247 e. The molecule has 4 nitrogen and oxygen atoms in total. The molecule has 2 N–H and O–H groups in total. The van der Waals surface area contributed by atoms with Gasteiger partial charge in [0.05, 0.1) is 0 Å². The molecule has 0 fully saturated rings.